The highest BCUT2D eigenvalue weighted by atomic mass is 16.5. The lowest BCUT2D eigenvalue weighted by molar-refractivity contribution is -0.137. The van der Waals surface area contributed by atoms with Crippen molar-refractivity contribution in [3.8, 4) is 0 Å². The Morgan fingerprint density at radius 1 is 1.23 bits per heavy atom. The average molecular weight is 302 g/mol. The highest BCUT2D eigenvalue weighted by Gasteiger charge is 2.20. The van der Waals surface area contributed by atoms with Crippen molar-refractivity contribution < 1.29 is 19.4 Å². The predicted octanol–water partition coefficient (Wildman–Crippen LogP) is 2.47. The monoisotopic (exact) mass is 302 g/mol. The number of ether oxygens (including phenoxy) is 1. The Hall–Kier alpha value is -2.76. The van der Waals surface area contributed by atoms with Gasteiger partial charge in [0.15, 0.2) is 0 Å². The highest BCUT2D eigenvalue weighted by Crippen LogP contribution is 2.17. The minimum absolute atomic E-state index is 0.138. The number of amides is 1. The van der Waals surface area contributed by atoms with Crippen LogP contribution >= 0.6 is 0 Å². The van der Waals surface area contributed by atoms with E-state index in [1.165, 1.54) is 0 Å². The van der Waals surface area contributed by atoms with Crippen LogP contribution in [0.3, 0.4) is 0 Å². The molecule has 116 valence electrons. The molecule has 0 aliphatic rings. The predicted molar refractivity (Wildman–Crippen MR) is 80.2 cm³/mol. The molecule has 0 fully saturated rings. The number of benzene rings is 1. The van der Waals surface area contributed by atoms with Crippen molar-refractivity contribution in [2.24, 2.45) is 7.05 Å². The van der Waals surface area contributed by atoms with Crippen LogP contribution in [0.5, 0.6) is 0 Å². The molecule has 0 aliphatic heterocycles. The number of carboxylic acid groups (broad SMARTS) is 1. The van der Waals surface area contributed by atoms with E-state index in [-0.39, 0.29) is 13.0 Å². The molecule has 0 spiro atoms. The van der Waals surface area contributed by atoms with Crippen LogP contribution in [0.25, 0.3) is 0 Å². The van der Waals surface area contributed by atoms with E-state index in [9.17, 15) is 9.59 Å². The van der Waals surface area contributed by atoms with Gasteiger partial charge in [0, 0.05) is 18.9 Å². The number of hydrogen-bond acceptors (Lipinski definition) is 3. The van der Waals surface area contributed by atoms with Crippen LogP contribution in [0.1, 0.15) is 23.7 Å². The molecule has 2 N–H and O–H groups in total. The van der Waals surface area contributed by atoms with Gasteiger partial charge < -0.3 is 19.7 Å². The second-order valence-electron chi connectivity index (χ2n) is 4.90. The first-order valence-corrected chi connectivity index (χ1v) is 6.86. The summed E-state index contributed by atoms with van der Waals surface area (Å²) in [7, 11) is 1.79. The van der Waals surface area contributed by atoms with Crippen molar-refractivity contribution in [1.29, 1.82) is 0 Å². The highest BCUT2D eigenvalue weighted by molar-refractivity contribution is 5.71. The summed E-state index contributed by atoms with van der Waals surface area (Å²) in [5, 5.41) is 11.6. The van der Waals surface area contributed by atoms with Crippen LogP contribution in [0.4, 0.5) is 4.79 Å². The summed E-state index contributed by atoms with van der Waals surface area (Å²) in [6.07, 6.45) is 0.940. The molecule has 1 aromatic carbocycles. The van der Waals surface area contributed by atoms with E-state index >= 15 is 0 Å². The third kappa shape index (κ3) is 4.37. The molecule has 0 saturated carbocycles. The average Bonchev–Trinajstić information content (AvgIpc) is 2.91. The van der Waals surface area contributed by atoms with Crippen LogP contribution in [-0.4, -0.2) is 21.7 Å². The summed E-state index contributed by atoms with van der Waals surface area (Å²) in [4.78, 5) is 22.9. The normalized spacial score (nSPS) is 11.7. The molecule has 6 nitrogen and oxygen atoms in total. The van der Waals surface area contributed by atoms with Gasteiger partial charge in [-0.25, -0.2) is 4.79 Å². The van der Waals surface area contributed by atoms with E-state index in [2.05, 4.69) is 5.32 Å². The number of rotatable bonds is 6. The van der Waals surface area contributed by atoms with Gasteiger partial charge in [0.05, 0.1) is 12.5 Å². The fourth-order valence-corrected chi connectivity index (χ4v) is 2.15. The third-order valence-electron chi connectivity index (χ3n) is 3.22. The molecule has 0 aliphatic carbocycles. The van der Waals surface area contributed by atoms with E-state index in [4.69, 9.17) is 9.84 Å². The van der Waals surface area contributed by atoms with Gasteiger partial charge in [-0.05, 0) is 17.7 Å². The van der Waals surface area contributed by atoms with E-state index in [1.807, 2.05) is 30.3 Å². The second-order valence-corrected chi connectivity index (χ2v) is 4.90. The summed E-state index contributed by atoms with van der Waals surface area (Å²) in [5.74, 6) is -0.991. The van der Waals surface area contributed by atoms with Gasteiger partial charge in [0.2, 0.25) is 0 Å². The minimum atomic E-state index is -0.991. The Balaban J connectivity index is 1.96. The summed E-state index contributed by atoms with van der Waals surface area (Å²) in [6.45, 7) is 0.138. The molecular weight excluding hydrogens is 284 g/mol. The Morgan fingerprint density at radius 3 is 2.55 bits per heavy atom. The van der Waals surface area contributed by atoms with Gasteiger partial charge in [-0.1, -0.05) is 30.3 Å². The van der Waals surface area contributed by atoms with Gasteiger partial charge in [-0.2, -0.15) is 0 Å². The first kappa shape index (κ1) is 15.6. The van der Waals surface area contributed by atoms with Crippen molar-refractivity contribution in [3.63, 3.8) is 0 Å². The van der Waals surface area contributed by atoms with Crippen molar-refractivity contribution in [2.75, 3.05) is 0 Å². The maximum Gasteiger partial charge on any atom is 0.408 e. The lowest BCUT2D eigenvalue weighted by atomic mass is 10.1. The molecule has 1 heterocycles. The van der Waals surface area contributed by atoms with E-state index in [1.54, 1.807) is 29.9 Å². The number of carbonyl (C=O) groups excluding carboxylic acids is 1. The molecule has 1 amide bonds. The topological polar surface area (TPSA) is 80.6 Å². The van der Waals surface area contributed by atoms with E-state index in [0.717, 1.165) is 5.56 Å². The number of nitrogens with zero attached hydrogens (tertiary/aromatic N) is 1. The van der Waals surface area contributed by atoms with Crippen molar-refractivity contribution in [2.45, 2.75) is 19.1 Å². The number of carboxylic acids is 1. The number of carbonyl (C=O) groups is 2. The lowest BCUT2D eigenvalue weighted by Crippen LogP contribution is -2.31. The summed E-state index contributed by atoms with van der Waals surface area (Å²) >= 11 is 0. The first-order valence-electron chi connectivity index (χ1n) is 6.86. The first-order chi connectivity index (χ1) is 10.6. The third-order valence-corrected chi connectivity index (χ3v) is 3.22. The van der Waals surface area contributed by atoms with E-state index < -0.39 is 18.1 Å². The number of aryl methyl sites for hydroxylation is 1. The van der Waals surface area contributed by atoms with Gasteiger partial charge in [-0.15, -0.1) is 0 Å². The smallest absolute Gasteiger partial charge is 0.408 e. The van der Waals surface area contributed by atoms with Gasteiger partial charge in [0.25, 0.3) is 0 Å². The summed E-state index contributed by atoms with van der Waals surface area (Å²) < 4.78 is 6.89. The molecule has 0 radical (unpaired) electrons. The van der Waals surface area contributed by atoms with E-state index in [0.29, 0.717) is 5.69 Å². The summed E-state index contributed by atoms with van der Waals surface area (Å²) in [6, 6.07) is 12.2. The zero-order valence-electron chi connectivity index (χ0n) is 12.2. The van der Waals surface area contributed by atoms with Crippen molar-refractivity contribution in [1.82, 2.24) is 9.88 Å². The molecule has 1 aromatic heterocycles. The Bertz CT molecular complexity index is 637. The molecule has 0 bridgehead atoms. The van der Waals surface area contributed by atoms with Crippen LogP contribution in [-0.2, 0) is 23.2 Å². The maximum atomic E-state index is 11.9. The molecule has 1 unspecified atom stereocenters. The molecular formula is C16H18N2O4. The number of aliphatic carboxylic acids is 1. The van der Waals surface area contributed by atoms with Gasteiger partial charge in [0.1, 0.15) is 6.61 Å². The summed E-state index contributed by atoms with van der Waals surface area (Å²) in [5.41, 5.74) is 1.57. The van der Waals surface area contributed by atoms with Crippen molar-refractivity contribution >= 4 is 12.1 Å². The molecule has 1 atom stereocenters. The largest absolute Gasteiger partial charge is 0.481 e. The van der Waals surface area contributed by atoms with Crippen LogP contribution < -0.4 is 5.32 Å². The number of nitrogens with one attached hydrogen (secondary N) is 1. The zero-order chi connectivity index (χ0) is 15.9. The maximum absolute atomic E-state index is 11.9. The number of alkyl carbamates (subject to hydrolysis) is 1. The Kier molecular flexibility index (Phi) is 5.19. The lowest BCUT2D eigenvalue weighted by Gasteiger charge is -2.18. The molecule has 0 saturated heterocycles. The zero-order valence-corrected chi connectivity index (χ0v) is 12.2. The standard InChI is InChI=1S/C16H18N2O4/c1-18-9-5-8-14(18)13(10-15(19)20)17-16(21)22-11-12-6-3-2-4-7-12/h2-9,13H,10-11H2,1H3,(H,17,21)(H,19,20). The fraction of sp³-hybridized carbons (Fsp3) is 0.250. The molecule has 22 heavy (non-hydrogen) atoms. The van der Waals surface area contributed by atoms with Crippen molar-refractivity contribution in [3.05, 3.63) is 59.9 Å². The molecule has 2 rings (SSSR count). The second kappa shape index (κ2) is 7.31. The fourth-order valence-electron chi connectivity index (χ4n) is 2.15. The number of hydrogen-bond donors (Lipinski definition) is 2. The van der Waals surface area contributed by atoms with Gasteiger partial charge >= 0.3 is 12.1 Å². The van der Waals surface area contributed by atoms with Crippen LogP contribution in [0.15, 0.2) is 48.7 Å². The van der Waals surface area contributed by atoms with Crippen LogP contribution in [0, 0.1) is 0 Å². The quantitative estimate of drug-likeness (QED) is 0.859. The Morgan fingerprint density at radius 2 is 1.95 bits per heavy atom. The molecule has 6 heteroatoms. The van der Waals surface area contributed by atoms with Gasteiger partial charge in [-0.3, -0.25) is 4.79 Å². The van der Waals surface area contributed by atoms with Crippen LogP contribution in [0.2, 0.25) is 0 Å². The minimum Gasteiger partial charge on any atom is -0.481 e. The Labute approximate surface area is 128 Å². The molecule has 2 aromatic rings. The number of aromatic nitrogens is 1. The SMILES string of the molecule is Cn1cccc1C(CC(=O)O)NC(=O)OCc1ccccc1.